The van der Waals surface area contributed by atoms with E-state index in [2.05, 4.69) is 20.8 Å². The van der Waals surface area contributed by atoms with Crippen LogP contribution < -0.4 is 15.4 Å². The van der Waals surface area contributed by atoms with E-state index in [1.54, 1.807) is 10.9 Å². The van der Waals surface area contributed by atoms with Gasteiger partial charge in [-0.05, 0) is 87.1 Å². The molecule has 7 nitrogen and oxygen atoms in total. The molecule has 0 saturated heterocycles. The summed E-state index contributed by atoms with van der Waals surface area (Å²) in [6.45, 7) is 6.46. The molecule has 162 valence electrons. The number of amides is 1. The quantitative estimate of drug-likeness (QED) is 0.438. The normalized spacial score (nSPS) is 10.7. The second kappa shape index (κ2) is 9.15. The van der Waals surface area contributed by atoms with Crippen molar-refractivity contribution >= 4 is 40.0 Å². The van der Waals surface area contributed by atoms with Gasteiger partial charge in [0.2, 0.25) is 0 Å². The SMILES string of the molecule is CCOc1ccc(-n2nc3ccc(NC(=S)NC(=O)c4ccc(C)cc4C)cc3n2)cc1. The topological polar surface area (TPSA) is 81.1 Å². The van der Waals surface area contributed by atoms with Crippen molar-refractivity contribution in [1.29, 1.82) is 0 Å². The van der Waals surface area contributed by atoms with Gasteiger partial charge in [-0.15, -0.1) is 10.2 Å². The van der Waals surface area contributed by atoms with Gasteiger partial charge in [-0.3, -0.25) is 10.1 Å². The van der Waals surface area contributed by atoms with Crippen LogP contribution in [0.15, 0.2) is 60.7 Å². The maximum atomic E-state index is 12.5. The number of anilines is 1. The lowest BCUT2D eigenvalue weighted by Gasteiger charge is -2.11. The van der Waals surface area contributed by atoms with Crippen LogP contribution in [0.5, 0.6) is 5.75 Å². The molecule has 0 atom stereocenters. The monoisotopic (exact) mass is 445 g/mol. The number of rotatable bonds is 5. The van der Waals surface area contributed by atoms with Gasteiger partial charge in [-0.25, -0.2) is 0 Å². The van der Waals surface area contributed by atoms with Crippen LogP contribution in [-0.4, -0.2) is 32.6 Å². The van der Waals surface area contributed by atoms with E-state index in [9.17, 15) is 4.79 Å². The summed E-state index contributed by atoms with van der Waals surface area (Å²) in [6.07, 6.45) is 0. The van der Waals surface area contributed by atoms with E-state index in [1.165, 1.54) is 0 Å². The maximum Gasteiger partial charge on any atom is 0.257 e. The molecule has 0 aliphatic carbocycles. The minimum Gasteiger partial charge on any atom is -0.494 e. The van der Waals surface area contributed by atoms with E-state index in [0.717, 1.165) is 28.1 Å². The van der Waals surface area contributed by atoms with Gasteiger partial charge in [0.05, 0.1) is 12.3 Å². The third-order valence-corrected chi connectivity index (χ3v) is 5.07. The number of benzene rings is 3. The molecular formula is C24H23N5O2S. The first-order valence-corrected chi connectivity index (χ1v) is 10.6. The lowest BCUT2D eigenvalue weighted by molar-refractivity contribution is 0.0977. The van der Waals surface area contributed by atoms with E-state index >= 15 is 0 Å². The molecule has 0 aliphatic heterocycles. The summed E-state index contributed by atoms with van der Waals surface area (Å²) < 4.78 is 5.48. The Balaban J connectivity index is 1.46. The third kappa shape index (κ3) is 4.76. The summed E-state index contributed by atoms with van der Waals surface area (Å²) in [4.78, 5) is 14.1. The van der Waals surface area contributed by atoms with E-state index in [-0.39, 0.29) is 11.0 Å². The molecule has 0 bridgehead atoms. The summed E-state index contributed by atoms with van der Waals surface area (Å²) in [7, 11) is 0. The Bertz CT molecular complexity index is 1300. The zero-order valence-electron chi connectivity index (χ0n) is 18.0. The van der Waals surface area contributed by atoms with Crippen LogP contribution in [0, 0.1) is 13.8 Å². The van der Waals surface area contributed by atoms with Crippen molar-refractivity contribution in [1.82, 2.24) is 20.3 Å². The van der Waals surface area contributed by atoms with Gasteiger partial charge in [0, 0.05) is 11.3 Å². The number of hydrogen-bond acceptors (Lipinski definition) is 5. The first kappa shape index (κ1) is 21.5. The van der Waals surface area contributed by atoms with Crippen LogP contribution in [0.25, 0.3) is 16.7 Å². The number of fused-ring (bicyclic) bond motifs is 1. The van der Waals surface area contributed by atoms with Crippen molar-refractivity contribution in [3.05, 3.63) is 77.4 Å². The average molecular weight is 446 g/mol. The Labute approximate surface area is 191 Å². The smallest absolute Gasteiger partial charge is 0.257 e. The molecule has 0 radical (unpaired) electrons. The van der Waals surface area contributed by atoms with E-state index < -0.39 is 0 Å². The van der Waals surface area contributed by atoms with Crippen LogP contribution in [0.4, 0.5) is 5.69 Å². The largest absolute Gasteiger partial charge is 0.494 e. The predicted molar refractivity (Wildman–Crippen MR) is 130 cm³/mol. The van der Waals surface area contributed by atoms with Crippen LogP contribution >= 0.6 is 12.2 Å². The Morgan fingerprint density at radius 2 is 1.75 bits per heavy atom. The fourth-order valence-corrected chi connectivity index (χ4v) is 3.56. The van der Waals surface area contributed by atoms with Crippen molar-refractivity contribution in [2.75, 3.05) is 11.9 Å². The molecule has 0 unspecified atom stereocenters. The second-order valence-electron chi connectivity index (χ2n) is 7.35. The van der Waals surface area contributed by atoms with Gasteiger partial charge >= 0.3 is 0 Å². The Morgan fingerprint density at radius 3 is 2.47 bits per heavy atom. The van der Waals surface area contributed by atoms with Gasteiger partial charge in [-0.1, -0.05) is 17.7 Å². The number of hydrogen-bond donors (Lipinski definition) is 2. The molecule has 32 heavy (non-hydrogen) atoms. The number of thiocarbonyl (C=S) groups is 1. The molecule has 0 spiro atoms. The summed E-state index contributed by atoms with van der Waals surface area (Å²) in [6, 6.07) is 18.8. The molecule has 4 aromatic rings. The fourth-order valence-electron chi connectivity index (χ4n) is 3.35. The van der Waals surface area contributed by atoms with Gasteiger partial charge in [0.25, 0.3) is 5.91 Å². The first-order chi connectivity index (χ1) is 15.4. The fraction of sp³-hybridized carbons (Fsp3) is 0.167. The standard InChI is InChI=1S/C24H23N5O2S/c1-4-31-19-9-7-18(8-10-19)29-27-21-12-6-17(14-22(21)28-29)25-24(32)26-23(30)20-11-5-15(2)13-16(20)3/h5-14H,4H2,1-3H3,(H2,25,26,30,32). The lowest BCUT2D eigenvalue weighted by Crippen LogP contribution is -2.34. The zero-order chi connectivity index (χ0) is 22.7. The molecule has 4 rings (SSSR count). The zero-order valence-corrected chi connectivity index (χ0v) is 18.9. The lowest BCUT2D eigenvalue weighted by atomic mass is 10.1. The first-order valence-electron chi connectivity index (χ1n) is 10.2. The highest BCUT2D eigenvalue weighted by atomic mass is 32.1. The number of nitrogens with one attached hydrogen (secondary N) is 2. The van der Waals surface area contributed by atoms with E-state index in [0.29, 0.717) is 23.4 Å². The highest BCUT2D eigenvalue weighted by Gasteiger charge is 2.12. The van der Waals surface area contributed by atoms with Gasteiger partial charge < -0.3 is 10.1 Å². The van der Waals surface area contributed by atoms with Crippen molar-refractivity contribution in [3.63, 3.8) is 0 Å². The highest BCUT2D eigenvalue weighted by molar-refractivity contribution is 7.80. The number of aryl methyl sites for hydroxylation is 2. The van der Waals surface area contributed by atoms with Crippen molar-refractivity contribution < 1.29 is 9.53 Å². The number of ether oxygens (including phenoxy) is 1. The molecule has 8 heteroatoms. The van der Waals surface area contributed by atoms with Gasteiger partial charge in [0.15, 0.2) is 5.11 Å². The molecule has 0 saturated carbocycles. The van der Waals surface area contributed by atoms with Gasteiger partial charge in [0.1, 0.15) is 16.8 Å². The second-order valence-corrected chi connectivity index (χ2v) is 7.75. The maximum absolute atomic E-state index is 12.5. The number of carbonyl (C=O) groups excluding carboxylic acids is 1. The molecule has 1 amide bonds. The molecule has 3 aromatic carbocycles. The molecule has 1 aromatic heterocycles. The predicted octanol–water partition coefficient (Wildman–Crippen LogP) is 4.56. The molecular weight excluding hydrogens is 422 g/mol. The van der Waals surface area contributed by atoms with Crippen LogP contribution in [0.2, 0.25) is 0 Å². The summed E-state index contributed by atoms with van der Waals surface area (Å²) in [5, 5.41) is 15.1. The minimum absolute atomic E-state index is 0.216. The van der Waals surface area contributed by atoms with Crippen LogP contribution in [0.3, 0.4) is 0 Å². The molecule has 0 fully saturated rings. The number of carbonyl (C=O) groups is 1. The highest BCUT2D eigenvalue weighted by Crippen LogP contribution is 2.19. The van der Waals surface area contributed by atoms with Gasteiger partial charge in [-0.2, -0.15) is 4.80 Å². The number of aromatic nitrogens is 3. The minimum atomic E-state index is -0.248. The van der Waals surface area contributed by atoms with E-state index in [4.69, 9.17) is 17.0 Å². The average Bonchev–Trinajstić information content (AvgIpc) is 3.17. The summed E-state index contributed by atoms with van der Waals surface area (Å²) in [5.41, 5.74) is 5.58. The molecule has 2 N–H and O–H groups in total. The van der Waals surface area contributed by atoms with Crippen molar-refractivity contribution in [2.45, 2.75) is 20.8 Å². The molecule has 0 aliphatic rings. The summed E-state index contributed by atoms with van der Waals surface area (Å²) >= 11 is 5.32. The molecule has 1 heterocycles. The Morgan fingerprint density at radius 1 is 1.00 bits per heavy atom. The van der Waals surface area contributed by atoms with E-state index in [1.807, 2.05) is 75.4 Å². The third-order valence-electron chi connectivity index (χ3n) is 4.87. The number of nitrogens with zero attached hydrogens (tertiary/aromatic N) is 3. The van der Waals surface area contributed by atoms with Crippen LogP contribution in [-0.2, 0) is 0 Å². The van der Waals surface area contributed by atoms with Crippen molar-refractivity contribution in [3.8, 4) is 11.4 Å². The Kier molecular flexibility index (Phi) is 6.13. The summed E-state index contributed by atoms with van der Waals surface area (Å²) in [5.74, 6) is 0.554. The van der Waals surface area contributed by atoms with Crippen molar-refractivity contribution in [2.24, 2.45) is 0 Å². The Hall–Kier alpha value is -3.78. The van der Waals surface area contributed by atoms with Crippen LogP contribution in [0.1, 0.15) is 28.4 Å².